The lowest BCUT2D eigenvalue weighted by Gasteiger charge is -2.08. The summed E-state index contributed by atoms with van der Waals surface area (Å²) in [5, 5.41) is 5.82. The first-order chi connectivity index (χ1) is 7.79. The van der Waals surface area contributed by atoms with Crippen molar-refractivity contribution in [3.8, 4) is 12.3 Å². The van der Waals surface area contributed by atoms with E-state index >= 15 is 0 Å². The molecule has 0 unspecified atom stereocenters. The molecule has 84 valence electrons. The maximum atomic E-state index is 11.8. The van der Waals surface area contributed by atoms with Gasteiger partial charge in [-0.2, -0.15) is 0 Å². The number of benzene rings is 1. The fourth-order valence-electron chi connectivity index (χ4n) is 1.39. The Morgan fingerprint density at radius 3 is 2.88 bits per heavy atom. The highest BCUT2D eigenvalue weighted by molar-refractivity contribution is 5.99. The summed E-state index contributed by atoms with van der Waals surface area (Å²) in [6, 6.07) is 7.40. The number of hydrogen-bond acceptors (Lipinski definition) is 2. The number of carbonyl (C=O) groups excluding carboxylic acids is 1. The van der Waals surface area contributed by atoms with E-state index < -0.39 is 0 Å². The van der Waals surface area contributed by atoms with Crippen molar-refractivity contribution >= 4 is 11.6 Å². The van der Waals surface area contributed by atoms with Crippen LogP contribution in [0.3, 0.4) is 0 Å². The van der Waals surface area contributed by atoms with Crippen LogP contribution in [0.25, 0.3) is 0 Å². The van der Waals surface area contributed by atoms with Crippen molar-refractivity contribution in [1.82, 2.24) is 5.32 Å². The quantitative estimate of drug-likeness (QED) is 0.583. The van der Waals surface area contributed by atoms with Crippen molar-refractivity contribution in [2.24, 2.45) is 0 Å². The lowest BCUT2D eigenvalue weighted by molar-refractivity contribution is 0.0954. The van der Waals surface area contributed by atoms with E-state index in [4.69, 9.17) is 6.42 Å². The van der Waals surface area contributed by atoms with Gasteiger partial charge in [-0.1, -0.05) is 12.1 Å². The minimum Gasteiger partial charge on any atom is -0.387 e. The summed E-state index contributed by atoms with van der Waals surface area (Å²) in [7, 11) is 1.80. The molecule has 0 saturated heterocycles. The second-order valence-electron chi connectivity index (χ2n) is 3.36. The molecule has 0 bridgehead atoms. The third kappa shape index (κ3) is 3.32. The monoisotopic (exact) mass is 216 g/mol. The van der Waals surface area contributed by atoms with Crippen LogP contribution in [0, 0.1) is 12.3 Å². The van der Waals surface area contributed by atoms with Crippen molar-refractivity contribution in [3.05, 3.63) is 29.8 Å². The van der Waals surface area contributed by atoms with Crippen LogP contribution in [0.15, 0.2) is 24.3 Å². The zero-order chi connectivity index (χ0) is 11.8. The van der Waals surface area contributed by atoms with Crippen LogP contribution in [0.2, 0.25) is 0 Å². The van der Waals surface area contributed by atoms with Crippen LogP contribution in [0.5, 0.6) is 0 Å². The number of rotatable bonds is 5. The number of anilines is 1. The molecule has 0 fully saturated rings. The molecular weight excluding hydrogens is 200 g/mol. The van der Waals surface area contributed by atoms with Gasteiger partial charge in [-0.25, -0.2) is 0 Å². The number of para-hydroxylation sites is 1. The SMILES string of the molecule is C#CCCCNC(=O)c1ccccc1NC. The standard InChI is InChI=1S/C13H16N2O/c1-3-4-7-10-15-13(16)11-8-5-6-9-12(11)14-2/h1,5-6,8-9,14H,4,7,10H2,2H3,(H,15,16). The van der Waals surface area contributed by atoms with Gasteiger partial charge in [-0.3, -0.25) is 4.79 Å². The summed E-state index contributed by atoms with van der Waals surface area (Å²) in [5.41, 5.74) is 1.49. The molecule has 1 amide bonds. The Balaban J connectivity index is 2.56. The average Bonchev–Trinajstić information content (AvgIpc) is 2.34. The van der Waals surface area contributed by atoms with Gasteiger partial charge in [0.15, 0.2) is 0 Å². The first kappa shape index (κ1) is 12.1. The summed E-state index contributed by atoms with van der Waals surface area (Å²) in [4.78, 5) is 11.8. The number of terminal acetylenes is 1. The van der Waals surface area contributed by atoms with E-state index in [0.29, 0.717) is 18.5 Å². The predicted octanol–water partition coefficient (Wildman–Crippen LogP) is 1.87. The van der Waals surface area contributed by atoms with Gasteiger partial charge in [-0.15, -0.1) is 12.3 Å². The number of carbonyl (C=O) groups is 1. The van der Waals surface area contributed by atoms with Crippen LogP contribution in [-0.4, -0.2) is 19.5 Å². The van der Waals surface area contributed by atoms with Crippen LogP contribution >= 0.6 is 0 Å². The van der Waals surface area contributed by atoms with Gasteiger partial charge in [0.2, 0.25) is 0 Å². The molecule has 3 heteroatoms. The zero-order valence-corrected chi connectivity index (χ0v) is 9.42. The molecule has 16 heavy (non-hydrogen) atoms. The van der Waals surface area contributed by atoms with Crippen LogP contribution in [0.4, 0.5) is 5.69 Å². The van der Waals surface area contributed by atoms with Crippen molar-refractivity contribution in [2.45, 2.75) is 12.8 Å². The Kier molecular flexibility index (Phi) is 4.94. The van der Waals surface area contributed by atoms with Gasteiger partial charge in [0.05, 0.1) is 5.56 Å². The maximum absolute atomic E-state index is 11.8. The molecule has 1 rings (SSSR count). The molecule has 0 saturated carbocycles. The van der Waals surface area contributed by atoms with Crippen LogP contribution in [0.1, 0.15) is 23.2 Å². The van der Waals surface area contributed by atoms with Crippen molar-refractivity contribution in [2.75, 3.05) is 18.9 Å². The van der Waals surface area contributed by atoms with Gasteiger partial charge in [-0.05, 0) is 18.6 Å². The molecule has 0 aliphatic carbocycles. The largest absolute Gasteiger partial charge is 0.387 e. The first-order valence-corrected chi connectivity index (χ1v) is 5.28. The van der Waals surface area contributed by atoms with Gasteiger partial charge in [0, 0.05) is 25.7 Å². The average molecular weight is 216 g/mol. The van der Waals surface area contributed by atoms with E-state index in [1.165, 1.54) is 0 Å². The highest BCUT2D eigenvalue weighted by atomic mass is 16.1. The molecule has 0 radical (unpaired) electrons. The van der Waals surface area contributed by atoms with E-state index in [-0.39, 0.29) is 5.91 Å². The first-order valence-electron chi connectivity index (χ1n) is 5.28. The van der Waals surface area contributed by atoms with E-state index in [1.54, 1.807) is 13.1 Å². The lowest BCUT2D eigenvalue weighted by Crippen LogP contribution is -2.25. The zero-order valence-electron chi connectivity index (χ0n) is 9.42. The Bertz CT molecular complexity index is 393. The van der Waals surface area contributed by atoms with Crippen LogP contribution < -0.4 is 10.6 Å². The summed E-state index contributed by atoms with van der Waals surface area (Å²) >= 11 is 0. The molecule has 2 N–H and O–H groups in total. The Hall–Kier alpha value is -1.95. The van der Waals surface area contributed by atoms with Gasteiger partial charge in [0.1, 0.15) is 0 Å². The Labute approximate surface area is 96.2 Å². The van der Waals surface area contributed by atoms with Gasteiger partial charge in [0.25, 0.3) is 5.91 Å². The van der Waals surface area contributed by atoms with Crippen molar-refractivity contribution in [1.29, 1.82) is 0 Å². The molecule has 1 aromatic carbocycles. The number of amides is 1. The fraction of sp³-hybridized carbons (Fsp3) is 0.308. The Morgan fingerprint density at radius 1 is 1.44 bits per heavy atom. The minimum atomic E-state index is -0.0676. The molecule has 0 atom stereocenters. The minimum absolute atomic E-state index is 0.0676. The maximum Gasteiger partial charge on any atom is 0.253 e. The second kappa shape index (κ2) is 6.52. The van der Waals surface area contributed by atoms with E-state index in [9.17, 15) is 4.79 Å². The summed E-state index contributed by atoms with van der Waals surface area (Å²) < 4.78 is 0. The van der Waals surface area contributed by atoms with Crippen LogP contribution in [-0.2, 0) is 0 Å². The second-order valence-corrected chi connectivity index (χ2v) is 3.36. The van der Waals surface area contributed by atoms with E-state index in [0.717, 1.165) is 12.1 Å². The number of nitrogens with one attached hydrogen (secondary N) is 2. The number of unbranched alkanes of at least 4 members (excludes halogenated alkanes) is 1. The summed E-state index contributed by atoms with van der Waals surface area (Å²) in [6.45, 7) is 0.612. The van der Waals surface area contributed by atoms with E-state index in [1.807, 2.05) is 18.2 Å². The molecule has 0 aliphatic heterocycles. The van der Waals surface area contributed by atoms with Gasteiger partial charge < -0.3 is 10.6 Å². The summed E-state index contributed by atoms with van der Waals surface area (Å²) in [6.07, 6.45) is 6.63. The number of hydrogen-bond donors (Lipinski definition) is 2. The van der Waals surface area contributed by atoms with Gasteiger partial charge >= 0.3 is 0 Å². The van der Waals surface area contributed by atoms with Crippen molar-refractivity contribution < 1.29 is 4.79 Å². The highest BCUT2D eigenvalue weighted by Crippen LogP contribution is 2.13. The topological polar surface area (TPSA) is 41.1 Å². The molecule has 1 aromatic rings. The lowest BCUT2D eigenvalue weighted by atomic mass is 10.1. The van der Waals surface area contributed by atoms with E-state index in [2.05, 4.69) is 16.6 Å². The molecule has 0 heterocycles. The molecule has 3 nitrogen and oxygen atoms in total. The smallest absolute Gasteiger partial charge is 0.253 e. The molecule has 0 aliphatic rings. The Morgan fingerprint density at radius 2 is 2.19 bits per heavy atom. The molecule has 0 spiro atoms. The predicted molar refractivity (Wildman–Crippen MR) is 66.4 cm³/mol. The molecular formula is C13H16N2O. The fourth-order valence-corrected chi connectivity index (χ4v) is 1.39. The molecule has 0 aromatic heterocycles. The normalized spacial score (nSPS) is 9.25. The summed E-state index contributed by atoms with van der Waals surface area (Å²) in [5.74, 6) is 2.47. The third-order valence-corrected chi connectivity index (χ3v) is 2.22. The van der Waals surface area contributed by atoms with Crippen molar-refractivity contribution in [3.63, 3.8) is 0 Å². The highest BCUT2D eigenvalue weighted by Gasteiger charge is 2.08. The third-order valence-electron chi connectivity index (χ3n) is 2.22.